The van der Waals surface area contributed by atoms with Gasteiger partial charge in [-0.3, -0.25) is 4.39 Å². The Hall–Kier alpha value is -0.110. The van der Waals surface area contributed by atoms with Crippen molar-refractivity contribution < 1.29 is 4.39 Å². The third-order valence-electron chi connectivity index (χ3n) is 2.21. The molecule has 1 aliphatic heterocycles. The molecule has 0 aromatic heterocycles. The van der Waals surface area contributed by atoms with Crippen LogP contribution in [0.15, 0.2) is 0 Å². The fraction of sp³-hybridized carbons (Fsp3) is 1.00. The first-order valence-electron chi connectivity index (χ1n) is 4.20. The fourth-order valence-electron chi connectivity index (χ4n) is 1.53. The lowest BCUT2D eigenvalue weighted by molar-refractivity contribution is 0.363. The van der Waals surface area contributed by atoms with Crippen LogP contribution in [0.3, 0.4) is 0 Å². The van der Waals surface area contributed by atoms with Gasteiger partial charge in [0.2, 0.25) is 0 Å². The number of alkyl halides is 1. The molecule has 60 valence electrons. The van der Waals surface area contributed by atoms with Crippen LogP contribution in [-0.4, -0.2) is 19.8 Å². The highest BCUT2D eigenvalue weighted by Gasteiger charge is 2.10. The first-order valence-corrected chi connectivity index (χ1v) is 4.20. The van der Waals surface area contributed by atoms with Crippen molar-refractivity contribution in [2.24, 2.45) is 5.92 Å². The summed E-state index contributed by atoms with van der Waals surface area (Å²) in [6, 6.07) is 0. The predicted molar refractivity (Wildman–Crippen MR) is 40.8 cm³/mol. The van der Waals surface area contributed by atoms with E-state index < -0.39 is 0 Å². The van der Waals surface area contributed by atoms with E-state index in [0.717, 1.165) is 19.5 Å². The summed E-state index contributed by atoms with van der Waals surface area (Å²) in [5.41, 5.74) is 0. The van der Waals surface area contributed by atoms with Gasteiger partial charge in [0.05, 0.1) is 6.67 Å². The molecular weight excluding hydrogens is 129 g/mol. The molecule has 10 heavy (non-hydrogen) atoms. The molecule has 0 aromatic carbocycles. The molecule has 1 heterocycles. The van der Waals surface area contributed by atoms with Crippen molar-refractivity contribution in [1.82, 2.24) is 5.32 Å². The van der Waals surface area contributed by atoms with E-state index in [0.29, 0.717) is 5.92 Å². The van der Waals surface area contributed by atoms with Gasteiger partial charge in [0.15, 0.2) is 0 Å². The van der Waals surface area contributed by atoms with E-state index in [1.807, 2.05) is 0 Å². The van der Waals surface area contributed by atoms with Gasteiger partial charge in [-0.1, -0.05) is 0 Å². The van der Waals surface area contributed by atoms with Crippen molar-refractivity contribution in [1.29, 1.82) is 0 Å². The molecule has 1 nitrogen and oxygen atoms in total. The molecule has 1 atom stereocenters. The summed E-state index contributed by atoms with van der Waals surface area (Å²) >= 11 is 0. The summed E-state index contributed by atoms with van der Waals surface area (Å²) in [6.07, 6.45) is 4.40. The maximum absolute atomic E-state index is 11.9. The lowest BCUT2D eigenvalue weighted by atomic mass is 9.98. The van der Waals surface area contributed by atoms with Crippen LogP contribution < -0.4 is 5.32 Å². The van der Waals surface area contributed by atoms with Gasteiger partial charge < -0.3 is 5.32 Å². The Balaban J connectivity index is 2.15. The summed E-state index contributed by atoms with van der Waals surface area (Å²) in [4.78, 5) is 0. The summed E-state index contributed by atoms with van der Waals surface area (Å²) < 4.78 is 11.9. The SMILES string of the molecule is FCCC1CCCNCC1. The normalized spacial score (nSPS) is 27.9. The van der Waals surface area contributed by atoms with Crippen molar-refractivity contribution in [3.8, 4) is 0 Å². The van der Waals surface area contributed by atoms with E-state index >= 15 is 0 Å². The van der Waals surface area contributed by atoms with Gasteiger partial charge in [-0.15, -0.1) is 0 Å². The molecule has 1 unspecified atom stereocenters. The lowest BCUT2D eigenvalue weighted by Crippen LogP contribution is -2.14. The maximum Gasteiger partial charge on any atom is 0.0897 e. The molecule has 0 bridgehead atoms. The standard InChI is InChI=1S/C8H16FN/c9-5-3-8-2-1-6-10-7-4-8/h8,10H,1-7H2. The molecule has 2 heteroatoms. The zero-order chi connectivity index (χ0) is 7.23. The minimum Gasteiger partial charge on any atom is -0.317 e. The number of nitrogens with one attached hydrogen (secondary N) is 1. The van der Waals surface area contributed by atoms with E-state index in [2.05, 4.69) is 5.32 Å². The molecule has 0 radical (unpaired) electrons. The average Bonchev–Trinajstić information content (AvgIpc) is 2.17. The predicted octanol–water partition coefficient (Wildman–Crippen LogP) is 1.74. The molecule has 1 N–H and O–H groups in total. The van der Waals surface area contributed by atoms with Gasteiger partial charge in [0.25, 0.3) is 0 Å². The van der Waals surface area contributed by atoms with Gasteiger partial charge in [0, 0.05) is 0 Å². The average molecular weight is 145 g/mol. The van der Waals surface area contributed by atoms with Crippen molar-refractivity contribution >= 4 is 0 Å². The van der Waals surface area contributed by atoms with Crippen molar-refractivity contribution in [3.05, 3.63) is 0 Å². The Bertz CT molecular complexity index is 77.3. The van der Waals surface area contributed by atoms with Crippen LogP contribution in [0.1, 0.15) is 25.7 Å². The maximum atomic E-state index is 11.9. The third kappa shape index (κ3) is 2.65. The van der Waals surface area contributed by atoms with E-state index in [-0.39, 0.29) is 6.67 Å². The fourth-order valence-corrected chi connectivity index (χ4v) is 1.53. The van der Waals surface area contributed by atoms with Gasteiger partial charge in [-0.05, 0) is 44.7 Å². The van der Waals surface area contributed by atoms with E-state index in [9.17, 15) is 4.39 Å². The molecule has 0 amide bonds. The molecule has 0 spiro atoms. The van der Waals surface area contributed by atoms with Crippen LogP contribution in [0, 0.1) is 5.92 Å². The Kier molecular flexibility index (Phi) is 3.73. The Labute approximate surface area is 62.0 Å². The molecule has 1 fully saturated rings. The minimum atomic E-state index is -0.134. The van der Waals surface area contributed by atoms with Crippen LogP contribution >= 0.6 is 0 Å². The summed E-state index contributed by atoms with van der Waals surface area (Å²) in [5, 5.41) is 3.31. The molecule has 0 aromatic rings. The molecule has 1 saturated heterocycles. The summed E-state index contributed by atoms with van der Waals surface area (Å²) in [6.45, 7) is 2.08. The largest absolute Gasteiger partial charge is 0.317 e. The second kappa shape index (κ2) is 4.67. The van der Waals surface area contributed by atoms with Crippen LogP contribution in [-0.2, 0) is 0 Å². The van der Waals surface area contributed by atoms with Gasteiger partial charge in [-0.2, -0.15) is 0 Å². The summed E-state index contributed by atoms with van der Waals surface area (Å²) in [7, 11) is 0. The smallest absolute Gasteiger partial charge is 0.0897 e. The molecular formula is C8H16FN. The van der Waals surface area contributed by atoms with Crippen LogP contribution in [0.4, 0.5) is 4.39 Å². The van der Waals surface area contributed by atoms with E-state index in [1.54, 1.807) is 0 Å². The van der Waals surface area contributed by atoms with Crippen LogP contribution in [0.25, 0.3) is 0 Å². The van der Waals surface area contributed by atoms with Crippen LogP contribution in [0.2, 0.25) is 0 Å². The van der Waals surface area contributed by atoms with Gasteiger partial charge >= 0.3 is 0 Å². The zero-order valence-electron chi connectivity index (χ0n) is 6.41. The lowest BCUT2D eigenvalue weighted by Gasteiger charge is -2.09. The van der Waals surface area contributed by atoms with E-state index in [1.165, 1.54) is 19.3 Å². The highest BCUT2D eigenvalue weighted by Crippen LogP contribution is 2.16. The zero-order valence-corrected chi connectivity index (χ0v) is 6.41. The first-order chi connectivity index (χ1) is 4.93. The van der Waals surface area contributed by atoms with Crippen LogP contribution in [0.5, 0.6) is 0 Å². The van der Waals surface area contributed by atoms with Crippen molar-refractivity contribution in [2.45, 2.75) is 25.7 Å². The minimum absolute atomic E-state index is 0.134. The van der Waals surface area contributed by atoms with Crippen molar-refractivity contribution in [2.75, 3.05) is 19.8 Å². The second-order valence-electron chi connectivity index (χ2n) is 3.02. The number of hydrogen-bond acceptors (Lipinski definition) is 1. The number of halogens is 1. The molecule has 1 rings (SSSR count). The molecule has 0 saturated carbocycles. The number of hydrogen-bond donors (Lipinski definition) is 1. The topological polar surface area (TPSA) is 12.0 Å². The monoisotopic (exact) mass is 145 g/mol. The van der Waals surface area contributed by atoms with E-state index in [4.69, 9.17) is 0 Å². The first kappa shape index (κ1) is 7.99. The quantitative estimate of drug-likeness (QED) is 0.624. The molecule has 0 aliphatic carbocycles. The second-order valence-corrected chi connectivity index (χ2v) is 3.02. The Morgan fingerprint density at radius 1 is 1.30 bits per heavy atom. The van der Waals surface area contributed by atoms with Gasteiger partial charge in [0.1, 0.15) is 0 Å². The number of rotatable bonds is 2. The molecule has 1 aliphatic rings. The highest BCUT2D eigenvalue weighted by molar-refractivity contribution is 4.65. The third-order valence-corrected chi connectivity index (χ3v) is 2.21. The summed E-state index contributed by atoms with van der Waals surface area (Å²) in [5.74, 6) is 0.653. The Morgan fingerprint density at radius 3 is 3.00 bits per heavy atom. The van der Waals surface area contributed by atoms with Crippen molar-refractivity contribution in [3.63, 3.8) is 0 Å². The highest BCUT2D eigenvalue weighted by atomic mass is 19.1. The van der Waals surface area contributed by atoms with Gasteiger partial charge in [-0.25, -0.2) is 0 Å². The Morgan fingerprint density at radius 2 is 2.20 bits per heavy atom.